The number of methoxy groups -OCH3 is 1. The van der Waals surface area contributed by atoms with E-state index in [0.29, 0.717) is 16.3 Å². The van der Waals surface area contributed by atoms with Gasteiger partial charge in [0.1, 0.15) is 15.5 Å². The zero-order valence-electron chi connectivity index (χ0n) is 11.7. The van der Waals surface area contributed by atoms with Crippen molar-refractivity contribution in [2.75, 3.05) is 7.11 Å². The number of nitrogens with zero attached hydrogens (tertiary/aromatic N) is 1. The molecule has 1 aromatic carbocycles. The van der Waals surface area contributed by atoms with E-state index in [9.17, 15) is 9.90 Å². The van der Waals surface area contributed by atoms with Crippen molar-refractivity contribution in [2.24, 2.45) is 0 Å². The summed E-state index contributed by atoms with van der Waals surface area (Å²) in [6.45, 7) is 0. The summed E-state index contributed by atoms with van der Waals surface area (Å²) in [5, 5.41) is 10.3. The average Bonchev–Trinajstić information content (AvgIpc) is 2.93. The molecule has 112 valence electrons. The maximum Gasteiger partial charge on any atom is 0.346 e. The fourth-order valence-electron chi connectivity index (χ4n) is 2.29. The van der Waals surface area contributed by atoms with Gasteiger partial charge in [-0.25, -0.2) is 9.78 Å². The third-order valence-electron chi connectivity index (χ3n) is 3.32. The van der Waals surface area contributed by atoms with Gasteiger partial charge < -0.3 is 9.84 Å². The molecule has 0 aliphatic heterocycles. The van der Waals surface area contributed by atoms with E-state index >= 15 is 0 Å². The van der Waals surface area contributed by atoms with Crippen LogP contribution in [-0.2, 0) is 5.88 Å². The van der Waals surface area contributed by atoms with Gasteiger partial charge in [-0.1, -0.05) is 12.1 Å². The lowest BCUT2D eigenvalue weighted by atomic mass is 10.0. The van der Waals surface area contributed by atoms with Crippen molar-refractivity contribution >= 4 is 39.1 Å². The Morgan fingerprint density at radius 1 is 1.27 bits per heavy atom. The van der Waals surface area contributed by atoms with Crippen LogP contribution in [0.4, 0.5) is 0 Å². The predicted molar refractivity (Wildman–Crippen MR) is 88.1 cm³/mol. The SMILES string of the molecule is COc1ccc(-c2c(C(=O)O)sc3nc(CCl)ccc23)cc1. The van der Waals surface area contributed by atoms with Crippen molar-refractivity contribution in [3.05, 3.63) is 47.0 Å². The first-order chi connectivity index (χ1) is 10.6. The molecule has 0 saturated heterocycles. The average molecular weight is 334 g/mol. The van der Waals surface area contributed by atoms with Crippen LogP contribution in [0.1, 0.15) is 15.4 Å². The molecule has 0 fully saturated rings. The van der Waals surface area contributed by atoms with Crippen LogP contribution in [0.15, 0.2) is 36.4 Å². The monoisotopic (exact) mass is 333 g/mol. The van der Waals surface area contributed by atoms with E-state index in [1.54, 1.807) is 7.11 Å². The number of carboxylic acid groups (broad SMARTS) is 1. The molecule has 6 heteroatoms. The molecule has 0 radical (unpaired) electrons. The summed E-state index contributed by atoms with van der Waals surface area (Å²) in [5.41, 5.74) is 2.24. The molecule has 2 aromatic heterocycles. The molecule has 0 atom stereocenters. The number of halogens is 1. The van der Waals surface area contributed by atoms with Gasteiger partial charge in [-0.3, -0.25) is 0 Å². The number of alkyl halides is 1. The molecular formula is C16H12ClNO3S. The molecule has 3 aromatic rings. The minimum atomic E-state index is -0.957. The van der Waals surface area contributed by atoms with Crippen molar-refractivity contribution in [2.45, 2.75) is 5.88 Å². The van der Waals surface area contributed by atoms with Gasteiger partial charge >= 0.3 is 5.97 Å². The number of hydrogen-bond donors (Lipinski definition) is 1. The lowest BCUT2D eigenvalue weighted by Gasteiger charge is -2.04. The number of rotatable bonds is 4. The molecule has 4 nitrogen and oxygen atoms in total. The second-order valence-corrected chi connectivity index (χ2v) is 5.90. The molecule has 0 aliphatic carbocycles. The molecule has 0 unspecified atom stereocenters. The summed E-state index contributed by atoms with van der Waals surface area (Å²) in [6.07, 6.45) is 0. The number of aromatic carboxylic acids is 1. The van der Waals surface area contributed by atoms with Crippen LogP contribution in [0.2, 0.25) is 0 Å². The Hall–Kier alpha value is -2.11. The van der Waals surface area contributed by atoms with Gasteiger partial charge in [0, 0.05) is 10.9 Å². The molecule has 22 heavy (non-hydrogen) atoms. The van der Waals surface area contributed by atoms with Gasteiger partial charge in [0.2, 0.25) is 0 Å². The highest BCUT2D eigenvalue weighted by atomic mass is 35.5. The van der Waals surface area contributed by atoms with Crippen LogP contribution in [0.3, 0.4) is 0 Å². The van der Waals surface area contributed by atoms with Crippen molar-refractivity contribution in [3.8, 4) is 16.9 Å². The van der Waals surface area contributed by atoms with E-state index in [4.69, 9.17) is 16.3 Å². The third kappa shape index (κ3) is 2.53. The Morgan fingerprint density at radius 2 is 2.00 bits per heavy atom. The standard InChI is InChI=1S/C16H12ClNO3S/c1-21-11-5-2-9(3-6-11)13-12-7-4-10(8-17)18-15(12)22-14(13)16(19)20/h2-7H,8H2,1H3,(H,19,20). The second kappa shape index (κ2) is 5.94. The number of pyridine rings is 1. The smallest absolute Gasteiger partial charge is 0.346 e. The number of thiophene rings is 1. The Morgan fingerprint density at radius 3 is 2.59 bits per heavy atom. The lowest BCUT2D eigenvalue weighted by Crippen LogP contribution is -1.94. The van der Waals surface area contributed by atoms with E-state index in [-0.39, 0.29) is 4.88 Å². The Balaban J connectivity index is 2.25. The summed E-state index contributed by atoms with van der Waals surface area (Å²) < 4.78 is 5.14. The van der Waals surface area contributed by atoms with Gasteiger partial charge in [-0.15, -0.1) is 22.9 Å². The summed E-state index contributed by atoms with van der Waals surface area (Å²) in [6, 6.07) is 11.0. The van der Waals surface area contributed by atoms with Crippen LogP contribution in [-0.4, -0.2) is 23.2 Å². The summed E-state index contributed by atoms with van der Waals surface area (Å²) in [7, 11) is 1.59. The minimum Gasteiger partial charge on any atom is -0.497 e. The Labute approximate surface area is 135 Å². The fraction of sp³-hybridized carbons (Fsp3) is 0.125. The third-order valence-corrected chi connectivity index (χ3v) is 4.68. The topological polar surface area (TPSA) is 59.4 Å². The number of carbonyl (C=O) groups is 1. The molecule has 0 aliphatic rings. The number of fused-ring (bicyclic) bond motifs is 1. The van der Waals surface area contributed by atoms with Crippen molar-refractivity contribution < 1.29 is 14.6 Å². The summed E-state index contributed by atoms with van der Waals surface area (Å²) >= 11 is 6.96. The second-order valence-electron chi connectivity index (χ2n) is 4.63. The van der Waals surface area contributed by atoms with Crippen LogP contribution in [0, 0.1) is 0 Å². The molecule has 1 N–H and O–H groups in total. The van der Waals surface area contributed by atoms with Gasteiger partial charge in [0.15, 0.2) is 0 Å². The first kappa shape index (κ1) is 14.8. The maximum atomic E-state index is 11.6. The number of carboxylic acids is 1. The van der Waals surface area contributed by atoms with E-state index in [0.717, 1.165) is 22.4 Å². The molecular weight excluding hydrogens is 322 g/mol. The van der Waals surface area contributed by atoms with Crippen molar-refractivity contribution in [1.82, 2.24) is 4.98 Å². The van der Waals surface area contributed by atoms with Gasteiger partial charge in [0.05, 0.1) is 18.7 Å². The molecule has 3 rings (SSSR count). The van der Waals surface area contributed by atoms with Gasteiger partial charge in [-0.2, -0.15) is 0 Å². The largest absolute Gasteiger partial charge is 0.497 e. The molecule has 0 bridgehead atoms. The van der Waals surface area contributed by atoms with E-state index in [1.165, 1.54) is 11.3 Å². The normalized spacial score (nSPS) is 10.8. The van der Waals surface area contributed by atoms with Crippen LogP contribution in [0.25, 0.3) is 21.3 Å². The predicted octanol–water partition coefficient (Wildman–Crippen LogP) is 4.41. The maximum absolute atomic E-state index is 11.6. The van der Waals surface area contributed by atoms with Gasteiger partial charge in [0.25, 0.3) is 0 Å². The molecule has 0 saturated carbocycles. The number of hydrogen-bond acceptors (Lipinski definition) is 4. The van der Waals surface area contributed by atoms with E-state index in [1.807, 2.05) is 36.4 Å². The molecule has 0 spiro atoms. The van der Waals surface area contributed by atoms with E-state index < -0.39 is 5.97 Å². The van der Waals surface area contributed by atoms with Crippen LogP contribution < -0.4 is 4.74 Å². The fourth-order valence-corrected chi connectivity index (χ4v) is 3.49. The Bertz CT molecular complexity index is 842. The molecule has 0 amide bonds. The number of aromatic nitrogens is 1. The number of ether oxygens (including phenoxy) is 1. The first-order valence-corrected chi connectivity index (χ1v) is 7.85. The quantitative estimate of drug-likeness (QED) is 0.718. The highest BCUT2D eigenvalue weighted by Crippen LogP contribution is 2.38. The summed E-state index contributed by atoms with van der Waals surface area (Å²) in [4.78, 5) is 16.9. The lowest BCUT2D eigenvalue weighted by molar-refractivity contribution is 0.0703. The van der Waals surface area contributed by atoms with Crippen molar-refractivity contribution in [3.63, 3.8) is 0 Å². The Kier molecular flexibility index (Phi) is 4.00. The highest BCUT2D eigenvalue weighted by Gasteiger charge is 2.20. The van der Waals surface area contributed by atoms with Gasteiger partial charge in [-0.05, 0) is 29.8 Å². The van der Waals surface area contributed by atoms with Crippen molar-refractivity contribution in [1.29, 1.82) is 0 Å². The first-order valence-electron chi connectivity index (χ1n) is 6.50. The summed E-state index contributed by atoms with van der Waals surface area (Å²) in [5.74, 6) is 0.0673. The van der Waals surface area contributed by atoms with E-state index in [2.05, 4.69) is 4.98 Å². The zero-order valence-corrected chi connectivity index (χ0v) is 13.2. The number of benzene rings is 1. The van der Waals surface area contributed by atoms with Crippen LogP contribution >= 0.6 is 22.9 Å². The van der Waals surface area contributed by atoms with Crippen LogP contribution in [0.5, 0.6) is 5.75 Å². The zero-order chi connectivity index (χ0) is 15.7. The minimum absolute atomic E-state index is 0.277. The highest BCUT2D eigenvalue weighted by molar-refractivity contribution is 7.21. The molecule has 2 heterocycles.